The molecule has 0 aliphatic heterocycles. The summed E-state index contributed by atoms with van der Waals surface area (Å²) in [5.41, 5.74) is 7.88. The van der Waals surface area contributed by atoms with Gasteiger partial charge < -0.3 is 0 Å². The Morgan fingerprint density at radius 1 is 0.500 bits per heavy atom. The van der Waals surface area contributed by atoms with Crippen molar-refractivity contribution in [1.29, 1.82) is 0 Å². The highest BCUT2D eigenvalue weighted by Gasteiger charge is 2.10. The van der Waals surface area contributed by atoms with Gasteiger partial charge in [0.25, 0.3) is 0 Å². The van der Waals surface area contributed by atoms with Gasteiger partial charge in [-0.2, -0.15) is 0 Å². The van der Waals surface area contributed by atoms with Crippen LogP contribution in [0, 0.1) is 13.8 Å². The van der Waals surface area contributed by atoms with Gasteiger partial charge in [0.2, 0.25) is 0 Å². The Balaban J connectivity index is 2.28. The van der Waals surface area contributed by atoms with Crippen molar-refractivity contribution in [3.8, 4) is 22.3 Å². The zero-order chi connectivity index (χ0) is 13.9. The Bertz CT molecular complexity index is 724. The van der Waals surface area contributed by atoms with Gasteiger partial charge in [-0.1, -0.05) is 72.8 Å². The summed E-state index contributed by atoms with van der Waals surface area (Å²) in [7, 11) is 0. The number of aryl methyl sites for hydroxylation is 2. The third-order valence-electron chi connectivity index (χ3n) is 3.77. The van der Waals surface area contributed by atoms with Gasteiger partial charge in [-0.25, -0.2) is 0 Å². The zero-order valence-corrected chi connectivity index (χ0v) is 11.9. The number of benzene rings is 3. The van der Waals surface area contributed by atoms with Gasteiger partial charge in [0.1, 0.15) is 0 Å². The molecule has 3 rings (SSSR count). The maximum absolute atomic E-state index is 2.22. The molecule has 0 aliphatic carbocycles. The molecule has 0 bridgehead atoms. The monoisotopic (exact) mass is 258 g/mol. The van der Waals surface area contributed by atoms with Gasteiger partial charge in [0.15, 0.2) is 0 Å². The normalized spacial score (nSPS) is 10.5. The molecule has 0 amide bonds. The van der Waals surface area contributed by atoms with Crippen LogP contribution in [0.1, 0.15) is 11.1 Å². The molecule has 0 aromatic heterocycles. The fourth-order valence-corrected chi connectivity index (χ4v) is 2.76. The molecule has 0 heterocycles. The second-order valence-electron chi connectivity index (χ2n) is 5.18. The standard InChI is InChI=1S/C20H18/c1-15-9-6-7-13-18(15)19-14-8-10-16(2)20(19)17-11-4-3-5-12-17/h3-14H,1-2H3. The molecule has 3 aromatic rings. The van der Waals surface area contributed by atoms with E-state index >= 15 is 0 Å². The molecule has 0 heteroatoms. The number of hydrogen-bond donors (Lipinski definition) is 0. The van der Waals surface area contributed by atoms with Crippen LogP contribution < -0.4 is 0 Å². The SMILES string of the molecule is Cc1ccccc1-c1cccc(C)c1-c1ccccc1. The van der Waals surface area contributed by atoms with E-state index in [1.165, 1.54) is 33.4 Å². The lowest BCUT2D eigenvalue weighted by atomic mass is 9.89. The Morgan fingerprint density at radius 3 is 1.85 bits per heavy atom. The van der Waals surface area contributed by atoms with Gasteiger partial charge in [-0.05, 0) is 47.2 Å². The molecule has 0 atom stereocenters. The molecule has 0 nitrogen and oxygen atoms in total. The second kappa shape index (κ2) is 5.34. The average molecular weight is 258 g/mol. The Kier molecular flexibility index (Phi) is 3.39. The first-order chi connectivity index (χ1) is 9.77. The highest BCUT2D eigenvalue weighted by molar-refractivity contribution is 5.86. The second-order valence-corrected chi connectivity index (χ2v) is 5.18. The highest BCUT2D eigenvalue weighted by atomic mass is 14.1. The van der Waals surface area contributed by atoms with E-state index in [9.17, 15) is 0 Å². The number of hydrogen-bond acceptors (Lipinski definition) is 0. The van der Waals surface area contributed by atoms with Crippen molar-refractivity contribution in [1.82, 2.24) is 0 Å². The van der Waals surface area contributed by atoms with Crippen LogP contribution in [0.3, 0.4) is 0 Å². The van der Waals surface area contributed by atoms with Crippen LogP contribution >= 0.6 is 0 Å². The van der Waals surface area contributed by atoms with Crippen LogP contribution in [-0.4, -0.2) is 0 Å². The quantitative estimate of drug-likeness (QED) is 0.558. The molecule has 0 aliphatic rings. The lowest BCUT2D eigenvalue weighted by Crippen LogP contribution is -1.90. The first-order valence-corrected chi connectivity index (χ1v) is 6.98. The molecule has 20 heavy (non-hydrogen) atoms. The minimum atomic E-state index is 1.28. The van der Waals surface area contributed by atoms with Crippen LogP contribution in [0.2, 0.25) is 0 Å². The summed E-state index contributed by atoms with van der Waals surface area (Å²) in [5, 5.41) is 0. The molecule has 0 fully saturated rings. The van der Waals surface area contributed by atoms with Crippen LogP contribution in [0.5, 0.6) is 0 Å². The third kappa shape index (κ3) is 2.25. The van der Waals surface area contributed by atoms with Crippen LogP contribution in [0.4, 0.5) is 0 Å². The Morgan fingerprint density at radius 2 is 1.10 bits per heavy atom. The van der Waals surface area contributed by atoms with E-state index in [1.807, 2.05) is 0 Å². The van der Waals surface area contributed by atoms with Gasteiger partial charge in [-0.3, -0.25) is 0 Å². The highest BCUT2D eigenvalue weighted by Crippen LogP contribution is 2.35. The molecular weight excluding hydrogens is 240 g/mol. The molecule has 0 N–H and O–H groups in total. The fraction of sp³-hybridized carbons (Fsp3) is 0.100. The van der Waals surface area contributed by atoms with E-state index in [1.54, 1.807) is 0 Å². The van der Waals surface area contributed by atoms with E-state index < -0.39 is 0 Å². The molecule has 0 unspecified atom stereocenters. The molecule has 0 saturated carbocycles. The smallest absolute Gasteiger partial charge is 0.00760 e. The lowest BCUT2D eigenvalue weighted by Gasteiger charge is -2.15. The summed E-state index contributed by atoms with van der Waals surface area (Å²) in [5.74, 6) is 0. The Labute approximate surface area is 120 Å². The van der Waals surface area contributed by atoms with Gasteiger partial charge in [0.05, 0.1) is 0 Å². The first-order valence-electron chi connectivity index (χ1n) is 6.98. The summed E-state index contributed by atoms with van der Waals surface area (Å²) in [6.45, 7) is 4.36. The van der Waals surface area contributed by atoms with E-state index in [0.717, 1.165) is 0 Å². The van der Waals surface area contributed by atoms with Crippen molar-refractivity contribution < 1.29 is 0 Å². The van der Waals surface area contributed by atoms with Gasteiger partial charge in [-0.15, -0.1) is 0 Å². The van der Waals surface area contributed by atoms with Gasteiger partial charge in [0, 0.05) is 0 Å². The molecule has 0 saturated heterocycles. The van der Waals surface area contributed by atoms with E-state index in [-0.39, 0.29) is 0 Å². The van der Waals surface area contributed by atoms with E-state index in [2.05, 4.69) is 86.6 Å². The minimum absolute atomic E-state index is 1.28. The van der Waals surface area contributed by atoms with Crippen molar-refractivity contribution in [2.24, 2.45) is 0 Å². The van der Waals surface area contributed by atoms with E-state index in [0.29, 0.717) is 0 Å². The third-order valence-corrected chi connectivity index (χ3v) is 3.77. The van der Waals surface area contributed by atoms with Crippen molar-refractivity contribution in [3.05, 3.63) is 83.9 Å². The predicted octanol–water partition coefficient (Wildman–Crippen LogP) is 5.64. The van der Waals surface area contributed by atoms with Crippen LogP contribution in [-0.2, 0) is 0 Å². The topological polar surface area (TPSA) is 0 Å². The molecular formula is C20H18. The zero-order valence-electron chi connectivity index (χ0n) is 11.9. The maximum Gasteiger partial charge on any atom is -0.00760 e. The van der Waals surface area contributed by atoms with Crippen molar-refractivity contribution >= 4 is 0 Å². The van der Waals surface area contributed by atoms with E-state index in [4.69, 9.17) is 0 Å². The predicted molar refractivity (Wildman–Crippen MR) is 86.8 cm³/mol. The van der Waals surface area contributed by atoms with Crippen molar-refractivity contribution in [2.75, 3.05) is 0 Å². The molecule has 0 spiro atoms. The van der Waals surface area contributed by atoms with Crippen LogP contribution in [0.15, 0.2) is 72.8 Å². The summed E-state index contributed by atoms with van der Waals surface area (Å²) < 4.78 is 0. The van der Waals surface area contributed by atoms with Crippen LogP contribution in [0.25, 0.3) is 22.3 Å². The van der Waals surface area contributed by atoms with Crippen molar-refractivity contribution in [3.63, 3.8) is 0 Å². The summed E-state index contributed by atoms with van der Waals surface area (Å²) in [6.07, 6.45) is 0. The molecule has 3 aromatic carbocycles. The van der Waals surface area contributed by atoms with Crippen molar-refractivity contribution in [2.45, 2.75) is 13.8 Å². The first kappa shape index (κ1) is 12.7. The maximum atomic E-state index is 2.22. The average Bonchev–Trinajstić information content (AvgIpc) is 2.48. The lowest BCUT2D eigenvalue weighted by molar-refractivity contribution is 1.42. The fourth-order valence-electron chi connectivity index (χ4n) is 2.76. The summed E-state index contributed by atoms with van der Waals surface area (Å²) in [4.78, 5) is 0. The Hall–Kier alpha value is -2.34. The molecule has 0 radical (unpaired) electrons. The minimum Gasteiger partial charge on any atom is -0.0622 e. The van der Waals surface area contributed by atoms with Gasteiger partial charge >= 0.3 is 0 Å². The summed E-state index contributed by atoms with van der Waals surface area (Å²) >= 11 is 0. The summed E-state index contributed by atoms with van der Waals surface area (Å²) in [6, 6.07) is 25.8. The largest absolute Gasteiger partial charge is 0.0622 e. The molecule has 98 valence electrons. The number of rotatable bonds is 2.